The normalized spacial score (nSPS) is 10.8. The van der Waals surface area contributed by atoms with E-state index in [0.29, 0.717) is 16.0 Å². The van der Waals surface area contributed by atoms with Gasteiger partial charge in [-0.2, -0.15) is 0 Å². The molecule has 0 fully saturated rings. The molecule has 0 radical (unpaired) electrons. The molecule has 0 saturated heterocycles. The zero-order valence-corrected chi connectivity index (χ0v) is 15.3. The summed E-state index contributed by atoms with van der Waals surface area (Å²) in [6, 6.07) is 20.5. The van der Waals surface area contributed by atoms with Gasteiger partial charge in [-0.3, -0.25) is 4.79 Å². The molecule has 0 unspecified atom stereocenters. The standard InChI is InChI=1S/C21H15BrO4/c22-20-12-10-18(26-20)11-13-21(24)25-14-19(23)17-8-6-16(7-9-17)15-4-2-1-3-5-15/h1-13H,14H2/b13-11+. The van der Waals surface area contributed by atoms with Gasteiger partial charge in [0.15, 0.2) is 17.1 Å². The van der Waals surface area contributed by atoms with Crippen LogP contribution in [0.5, 0.6) is 0 Å². The maximum atomic E-state index is 12.1. The maximum Gasteiger partial charge on any atom is 0.331 e. The summed E-state index contributed by atoms with van der Waals surface area (Å²) < 4.78 is 10.8. The first-order chi connectivity index (χ1) is 12.6. The molecule has 0 N–H and O–H groups in total. The minimum Gasteiger partial charge on any atom is -0.454 e. The Kier molecular flexibility index (Phi) is 5.81. The van der Waals surface area contributed by atoms with E-state index in [1.165, 1.54) is 12.2 Å². The number of carbonyl (C=O) groups excluding carboxylic acids is 2. The topological polar surface area (TPSA) is 56.5 Å². The molecular formula is C21H15BrO4. The third-order valence-corrected chi connectivity index (χ3v) is 4.06. The van der Waals surface area contributed by atoms with E-state index in [2.05, 4.69) is 15.9 Å². The number of carbonyl (C=O) groups is 2. The molecule has 0 aliphatic heterocycles. The molecule has 26 heavy (non-hydrogen) atoms. The van der Waals surface area contributed by atoms with Crippen molar-refractivity contribution in [1.82, 2.24) is 0 Å². The number of hydrogen-bond acceptors (Lipinski definition) is 4. The highest BCUT2D eigenvalue weighted by atomic mass is 79.9. The lowest BCUT2D eigenvalue weighted by Crippen LogP contribution is -2.12. The number of hydrogen-bond donors (Lipinski definition) is 0. The van der Waals surface area contributed by atoms with Gasteiger partial charge in [0.2, 0.25) is 0 Å². The van der Waals surface area contributed by atoms with Gasteiger partial charge in [-0.15, -0.1) is 0 Å². The number of rotatable bonds is 6. The first kappa shape index (κ1) is 17.9. The van der Waals surface area contributed by atoms with Gasteiger partial charge in [0, 0.05) is 11.6 Å². The van der Waals surface area contributed by atoms with Crippen molar-refractivity contribution in [2.24, 2.45) is 0 Å². The SMILES string of the molecule is O=C(/C=C/c1ccc(Br)o1)OCC(=O)c1ccc(-c2ccccc2)cc1. The summed E-state index contributed by atoms with van der Waals surface area (Å²) in [5.74, 6) is -0.351. The summed E-state index contributed by atoms with van der Waals surface area (Å²) in [5.41, 5.74) is 2.59. The van der Waals surface area contributed by atoms with Crippen LogP contribution in [0, 0.1) is 0 Å². The van der Waals surface area contributed by atoms with Crippen LogP contribution in [0.1, 0.15) is 16.1 Å². The lowest BCUT2D eigenvalue weighted by atomic mass is 10.0. The number of furan rings is 1. The molecule has 0 aliphatic rings. The van der Waals surface area contributed by atoms with Gasteiger partial charge in [0.25, 0.3) is 0 Å². The largest absolute Gasteiger partial charge is 0.454 e. The Morgan fingerprint density at radius 2 is 1.62 bits per heavy atom. The van der Waals surface area contributed by atoms with Crippen molar-refractivity contribution in [3.05, 3.63) is 88.8 Å². The highest BCUT2D eigenvalue weighted by Gasteiger charge is 2.09. The molecule has 2 aromatic carbocycles. The Hall–Kier alpha value is -2.92. The highest BCUT2D eigenvalue weighted by Crippen LogP contribution is 2.19. The van der Waals surface area contributed by atoms with Gasteiger partial charge in [-0.05, 0) is 45.3 Å². The molecule has 0 bridgehead atoms. The van der Waals surface area contributed by atoms with E-state index in [1.807, 2.05) is 42.5 Å². The van der Waals surface area contributed by atoms with Crippen LogP contribution in [-0.4, -0.2) is 18.4 Å². The summed E-state index contributed by atoms with van der Waals surface area (Å²) >= 11 is 3.17. The molecule has 0 aliphatic carbocycles. The Labute approximate surface area is 159 Å². The maximum absolute atomic E-state index is 12.1. The molecule has 5 heteroatoms. The molecular weight excluding hydrogens is 396 g/mol. The predicted molar refractivity (Wildman–Crippen MR) is 103 cm³/mol. The fraction of sp³-hybridized carbons (Fsp3) is 0.0476. The molecule has 1 aromatic heterocycles. The van der Waals surface area contributed by atoms with E-state index in [1.54, 1.807) is 24.3 Å². The monoisotopic (exact) mass is 410 g/mol. The zero-order chi connectivity index (χ0) is 18.4. The quantitative estimate of drug-likeness (QED) is 0.320. The summed E-state index contributed by atoms with van der Waals surface area (Å²) in [7, 11) is 0. The van der Waals surface area contributed by atoms with Crippen LogP contribution in [0.2, 0.25) is 0 Å². The number of ketones is 1. The average Bonchev–Trinajstić information content (AvgIpc) is 3.10. The lowest BCUT2D eigenvalue weighted by Gasteiger charge is -2.04. The first-order valence-corrected chi connectivity index (χ1v) is 8.70. The van der Waals surface area contributed by atoms with Gasteiger partial charge in [0.05, 0.1) is 0 Å². The van der Waals surface area contributed by atoms with Gasteiger partial charge >= 0.3 is 5.97 Å². The third-order valence-electron chi connectivity index (χ3n) is 3.64. The second-order valence-electron chi connectivity index (χ2n) is 5.45. The average molecular weight is 411 g/mol. The van der Waals surface area contributed by atoms with Crippen molar-refractivity contribution in [3.8, 4) is 11.1 Å². The van der Waals surface area contributed by atoms with E-state index < -0.39 is 5.97 Å². The van der Waals surface area contributed by atoms with E-state index in [4.69, 9.17) is 9.15 Å². The second-order valence-corrected chi connectivity index (χ2v) is 6.23. The lowest BCUT2D eigenvalue weighted by molar-refractivity contribution is -0.136. The van der Waals surface area contributed by atoms with Crippen molar-refractivity contribution >= 4 is 33.8 Å². The van der Waals surface area contributed by atoms with E-state index in [-0.39, 0.29) is 12.4 Å². The van der Waals surface area contributed by atoms with Crippen molar-refractivity contribution in [2.45, 2.75) is 0 Å². The minimum absolute atomic E-state index is 0.257. The Morgan fingerprint density at radius 1 is 0.923 bits per heavy atom. The van der Waals surface area contributed by atoms with Gasteiger partial charge in [-0.25, -0.2) is 4.79 Å². The smallest absolute Gasteiger partial charge is 0.331 e. The van der Waals surface area contributed by atoms with Crippen LogP contribution in [0.25, 0.3) is 17.2 Å². The minimum atomic E-state index is -0.605. The molecule has 3 aromatic rings. The van der Waals surface area contributed by atoms with Gasteiger partial charge in [0.1, 0.15) is 5.76 Å². The van der Waals surface area contributed by atoms with Crippen molar-refractivity contribution in [3.63, 3.8) is 0 Å². The fourth-order valence-corrected chi connectivity index (χ4v) is 2.63. The zero-order valence-electron chi connectivity index (χ0n) is 13.7. The van der Waals surface area contributed by atoms with E-state index in [9.17, 15) is 9.59 Å². The molecule has 1 heterocycles. The van der Waals surface area contributed by atoms with Crippen LogP contribution in [0.3, 0.4) is 0 Å². The Balaban J connectivity index is 1.54. The molecule has 3 rings (SSSR count). The highest BCUT2D eigenvalue weighted by molar-refractivity contribution is 9.10. The molecule has 0 atom stereocenters. The number of esters is 1. The third kappa shape index (κ3) is 4.80. The number of ether oxygens (including phenoxy) is 1. The first-order valence-electron chi connectivity index (χ1n) is 7.91. The molecule has 130 valence electrons. The summed E-state index contributed by atoms with van der Waals surface area (Å²) in [5, 5.41) is 0. The Morgan fingerprint density at radius 3 is 2.27 bits per heavy atom. The summed E-state index contributed by atoms with van der Waals surface area (Å²) in [6.07, 6.45) is 2.70. The van der Waals surface area contributed by atoms with E-state index >= 15 is 0 Å². The van der Waals surface area contributed by atoms with Crippen LogP contribution in [-0.2, 0) is 9.53 Å². The summed E-state index contributed by atoms with van der Waals surface area (Å²) in [4.78, 5) is 23.8. The van der Waals surface area contributed by atoms with Gasteiger partial charge in [-0.1, -0.05) is 54.6 Å². The number of halogens is 1. The Bertz CT molecular complexity index is 924. The molecule has 0 amide bonds. The van der Waals surface area contributed by atoms with Crippen molar-refractivity contribution in [2.75, 3.05) is 6.61 Å². The van der Waals surface area contributed by atoms with Crippen molar-refractivity contribution in [1.29, 1.82) is 0 Å². The second kappa shape index (κ2) is 8.45. The molecule has 0 spiro atoms. The van der Waals surface area contributed by atoms with E-state index in [0.717, 1.165) is 11.1 Å². The number of Topliss-reactive ketones (excluding diaryl/α,β-unsaturated/α-hetero) is 1. The fourth-order valence-electron chi connectivity index (χ4n) is 2.32. The van der Waals surface area contributed by atoms with Crippen LogP contribution < -0.4 is 0 Å². The summed E-state index contributed by atoms with van der Waals surface area (Å²) in [6.45, 7) is -0.310. The predicted octanol–water partition coefficient (Wildman–Crippen LogP) is 5.15. The molecule has 0 saturated carbocycles. The van der Waals surface area contributed by atoms with Crippen molar-refractivity contribution < 1.29 is 18.7 Å². The van der Waals surface area contributed by atoms with Crippen LogP contribution in [0.15, 0.2) is 81.9 Å². The number of benzene rings is 2. The van der Waals surface area contributed by atoms with Gasteiger partial charge < -0.3 is 9.15 Å². The van der Waals surface area contributed by atoms with Crippen LogP contribution in [0.4, 0.5) is 0 Å². The molecule has 4 nitrogen and oxygen atoms in total. The van der Waals surface area contributed by atoms with Crippen LogP contribution >= 0.6 is 15.9 Å².